The first-order chi connectivity index (χ1) is 12.5. The smallest absolute Gasteiger partial charge is 0.307 e. The summed E-state index contributed by atoms with van der Waals surface area (Å²) < 4.78 is 4.71. The van der Waals surface area contributed by atoms with E-state index in [0.717, 1.165) is 11.1 Å². The average molecular weight is 351 g/mol. The average Bonchev–Trinajstić information content (AvgIpc) is 2.67. The molecule has 1 unspecified atom stereocenters. The van der Waals surface area contributed by atoms with Gasteiger partial charge in [0.2, 0.25) is 5.91 Å². The minimum absolute atomic E-state index is 0.133. The number of benzene rings is 2. The molecule has 4 heteroatoms. The van der Waals surface area contributed by atoms with E-state index in [1.165, 1.54) is 12.7 Å². The molecule has 0 spiro atoms. The van der Waals surface area contributed by atoms with Crippen LogP contribution in [0.15, 0.2) is 60.7 Å². The molecule has 0 aliphatic heterocycles. The number of ether oxygens (including phenoxy) is 1. The first-order valence-electron chi connectivity index (χ1n) is 8.68. The van der Waals surface area contributed by atoms with Crippen molar-refractivity contribution < 1.29 is 14.3 Å². The fourth-order valence-corrected chi connectivity index (χ4v) is 2.66. The number of amides is 1. The van der Waals surface area contributed by atoms with Crippen molar-refractivity contribution in [2.45, 2.75) is 26.3 Å². The number of hydrogen-bond acceptors (Lipinski definition) is 3. The Balaban J connectivity index is 2.16. The zero-order chi connectivity index (χ0) is 18.9. The molecule has 0 aromatic heterocycles. The van der Waals surface area contributed by atoms with Crippen molar-refractivity contribution in [3.8, 4) is 0 Å². The lowest BCUT2D eigenvalue weighted by atomic mass is 10.1. The third kappa shape index (κ3) is 5.59. The van der Waals surface area contributed by atoms with E-state index in [1.54, 1.807) is 17.1 Å². The molecule has 0 aliphatic carbocycles. The Bertz CT molecular complexity index is 751. The Kier molecular flexibility index (Phi) is 7.15. The molecule has 4 nitrogen and oxygen atoms in total. The maximum atomic E-state index is 12.8. The van der Waals surface area contributed by atoms with Crippen LogP contribution in [-0.4, -0.2) is 30.4 Å². The largest absolute Gasteiger partial charge is 0.469 e. The fourth-order valence-electron chi connectivity index (χ4n) is 2.66. The van der Waals surface area contributed by atoms with Crippen molar-refractivity contribution in [3.05, 3.63) is 77.4 Å². The highest BCUT2D eigenvalue weighted by atomic mass is 16.5. The molecule has 0 N–H and O–H groups in total. The normalized spacial score (nSPS) is 12.0. The quantitative estimate of drug-likeness (QED) is 0.556. The minimum Gasteiger partial charge on any atom is -0.469 e. The van der Waals surface area contributed by atoms with Crippen LogP contribution in [0.3, 0.4) is 0 Å². The molecule has 0 bridgehead atoms. The van der Waals surface area contributed by atoms with Gasteiger partial charge < -0.3 is 9.64 Å². The fraction of sp³-hybridized carbons (Fsp3) is 0.273. The van der Waals surface area contributed by atoms with E-state index in [-0.39, 0.29) is 24.3 Å². The number of nitrogens with zero attached hydrogens (tertiary/aromatic N) is 1. The second kappa shape index (κ2) is 9.56. The van der Waals surface area contributed by atoms with Gasteiger partial charge in [-0.3, -0.25) is 9.59 Å². The van der Waals surface area contributed by atoms with Gasteiger partial charge in [0.15, 0.2) is 0 Å². The van der Waals surface area contributed by atoms with E-state index >= 15 is 0 Å². The van der Waals surface area contributed by atoms with Gasteiger partial charge in [-0.2, -0.15) is 0 Å². The molecular weight excluding hydrogens is 326 g/mol. The Morgan fingerprint density at radius 2 is 1.73 bits per heavy atom. The van der Waals surface area contributed by atoms with Crippen LogP contribution < -0.4 is 0 Å². The molecule has 2 aromatic carbocycles. The van der Waals surface area contributed by atoms with Crippen molar-refractivity contribution in [2.24, 2.45) is 0 Å². The van der Waals surface area contributed by atoms with Crippen LogP contribution in [0, 0.1) is 6.92 Å². The van der Waals surface area contributed by atoms with Gasteiger partial charge in [-0.1, -0.05) is 60.2 Å². The van der Waals surface area contributed by atoms with Crippen molar-refractivity contribution in [3.63, 3.8) is 0 Å². The van der Waals surface area contributed by atoms with Gasteiger partial charge in [0, 0.05) is 12.6 Å². The van der Waals surface area contributed by atoms with Gasteiger partial charge in [-0.05, 0) is 31.1 Å². The van der Waals surface area contributed by atoms with Crippen LogP contribution in [-0.2, 0) is 14.3 Å². The summed E-state index contributed by atoms with van der Waals surface area (Å²) in [6.45, 7) is 4.29. The maximum Gasteiger partial charge on any atom is 0.307 e. The lowest BCUT2D eigenvalue weighted by Crippen LogP contribution is -2.34. The summed E-state index contributed by atoms with van der Waals surface area (Å²) >= 11 is 0. The van der Waals surface area contributed by atoms with Crippen LogP contribution in [0.4, 0.5) is 0 Å². The Morgan fingerprint density at radius 1 is 1.08 bits per heavy atom. The Hall–Kier alpha value is -2.88. The lowest BCUT2D eigenvalue weighted by Gasteiger charge is -2.28. The SMILES string of the molecule is COC(=O)CCN(C(=O)/C=C/c1ccc(C)cc1)C(C)c1ccccc1. The molecule has 0 fully saturated rings. The van der Waals surface area contributed by atoms with Crippen LogP contribution in [0.1, 0.15) is 36.1 Å². The van der Waals surface area contributed by atoms with E-state index in [9.17, 15) is 9.59 Å². The third-order valence-electron chi connectivity index (χ3n) is 4.31. The molecule has 2 aromatic rings. The molecule has 26 heavy (non-hydrogen) atoms. The highest BCUT2D eigenvalue weighted by Gasteiger charge is 2.20. The van der Waals surface area contributed by atoms with Gasteiger partial charge >= 0.3 is 5.97 Å². The number of carbonyl (C=O) groups is 2. The highest BCUT2D eigenvalue weighted by molar-refractivity contribution is 5.92. The van der Waals surface area contributed by atoms with E-state index < -0.39 is 0 Å². The maximum absolute atomic E-state index is 12.8. The molecule has 1 atom stereocenters. The number of rotatable bonds is 7. The van der Waals surface area contributed by atoms with Crippen molar-refractivity contribution in [1.82, 2.24) is 4.90 Å². The zero-order valence-corrected chi connectivity index (χ0v) is 15.5. The number of hydrogen-bond donors (Lipinski definition) is 0. The van der Waals surface area contributed by atoms with Gasteiger partial charge in [-0.25, -0.2) is 0 Å². The summed E-state index contributed by atoms with van der Waals surface area (Å²) in [7, 11) is 1.35. The van der Waals surface area contributed by atoms with E-state index in [1.807, 2.05) is 68.4 Å². The zero-order valence-electron chi connectivity index (χ0n) is 15.5. The standard InChI is InChI=1S/C22H25NO3/c1-17-9-11-19(12-10-17)13-14-21(24)23(16-15-22(25)26-3)18(2)20-7-5-4-6-8-20/h4-14,18H,15-16H2,1-3H3/b14-13+. The van der Waals surface area contributed by atoms with Gasteiger partial charge in [0.1, 0.15) is 0 Å². The second-order valence-corrected chi connectivity index (χ2v) is 6.19. The summed E-state index contributed by atoms with van der Waals surface area (Å²) in [6.07, 6.45) is 3.52. The predicted molar refractivity (Wildman–Crippen MR) is 103 cm³/mol. The van der Waals surface area contributed by atoms with Crippen molar-refractivity contribution >= 4 is 18.0 Å². The first-order valence-corrected chi connectivity index (χ1v) is 8.68. The number of methoxy groups -OCH3 is 1. The number of esters is 1. The highest BCUT2D eigenvalue weighted by Crippen LogP contribution is 2.21. The summed E-state index contributed by atoms with van der Waals surface area (Å²) in [5, 5.41) is 0. The molecule has 0 heterocycles. The monoisotopic (exact) mass is 351 g/mol. The van der Waals surface area contributed by atoms with Gasteiger partial charge in [-0.15, -0.1) is 0 Å². The Labute approximate surface area is 155 Å². The lowest BCUT2D eigenvalue weighted by molar-refractivity contribution is -0.141. The molecule has 0 saturated heterocycles. The number of carbonyl (C=O) groups excluding carboxylic acids is 2. The van der Waals surface area contributed by atoms with Crippen LogP contribution in [0.5, 0.6) is 0 Å². The van der Waals surface area contributed by atoms with Crippen LogP contribution in [0.25, 0.3) is 6.08 Å². The van der Waals surface area contributed by atoms with Gasteiger partial charge in [0.25, 0.3) is 0 Å². The summed E-state index contributed by atoms with van der Waals surface area (Å²) in [6, 6.07) is 17.6. The van der Waals surface area contributed by atoms with Crippen LogP contribution in [0.2, 0.25) is 0 Å². The van der Waals surface area contributed by atoms with Gasteiger partial charge in [0.05, 0.1) is 19.6 Å². The van der Waals surface area contributed by atoms with Crippen LogP contribution >= 0.6 is 0 Å². The van der Waals surface area contributed by atoms with E-state index in [2.05, 4.69) is 0 Å². The van der Waals surface area contributed by atoms with Crippen molar-refractivity contribution in [2.75, 3.05) is 13.7 Å². The molecular formula is C22H25NO3. The summed E-state index contributed by atoms with van der Waals surface area (Å²) in [4.78, 5) is 26.0. The predicted octanol–water partition coefficient (Wildman–Crippen LogP) is 4.16. The molecule has 0 radical (unpaired) electrons. The number of aryl methyl sites for hydroxylation is 1. The molecule has 0 saturated carbocycles. The second-order valence-electron chi connectivity index (χ2n) is 6.19. The first kappa shape index (κ1) is 19.4. The van der Waals surface area contributed by atoms with Crippen molar-refractivity contribution in [1.29, 1.82) is 0 Å². The third-order valence-corrected chi connectivity index (χ3v) is 4.31. The minimum atomic E-state index is -0.328. The van der Waals surface area contributed by atoms with E-state index in [0.29, 0.717) is 6.54 Å². The molecule has 2 rings (SSSR count). The Morgan fingerprint density at radius 3 is 2.35 bits per heavy atom. The summed E-state index contributed by atoms with van der Waals surface area (Å²) in [5.41, 5.74) is 3.16. The molecule has 136 valence electrons. The molecule has 1 amide bonds. The summed E-state index contributed by atoms with van der Waals surface area (Å²) in [5.74, 6) is -0.462. The molecule has 0 aliphatic rings. The van der Waals surface area contributed by atoms with E-state index in [4.69, 9.17) is 4.74 Å². The topological polar surface area (TPSA) is 46.6 Å².